The van der Waals surface area contributed by atoms with Crippen LogP contribution >= 0.6 is 0 Å². The van der Waals surface area contributed by atoms with Gasteiger partial charge in [0.05, 0.1) is 0 Å². The maximum atomic E-state index is 12.8. The normalized spacial score (nSPS) is 12.9. The number of carbonyl (C=O) groups excluding carboxylic acids is 3. The lowest BCUT2D eigenvalue weighted by molar-refractivity contribution is -0.123. The number of amides is 3. The highest BCUT2D eigenvalue weighted by Gasteiger charge is 2.32. The number of hydrogen-bond donors (Lipinski definition) is 1. The number of carbonyl (C=O) groups is 3. The van der Waals surface area contributed by atoms with Crippen molar-refractivity contribution >= 4 is 28.5 Å². The monoisotopic (exact) mass is 374 g/mol. The second kappa shape index (κ2) is 7.52. The number of nitrogens with zero attached hydrogens (tertiary/aromatic N) is 1. The highest BCUT2D eigenvalue weighted by Crippen LogP contribution is 2.29. The lowest BCUT2D eigenvalue weighted by Crippen LogP contribution is -2.45. The number of rotatable bonds is 6. The average molecular weight is 374 g/mol. The van der Waals surface area contributed by atoms with E-state index in [0.29, 0.717) is 22.3 Å². The third-order valence-electron chi connectivity index (χ3n) is 4.63. The Kier molecular flexibility index (Phi) is 4.76. The Morgan fingerprint density at radius 3 is 2.14 bits per heavy atom. The minimum atomic E-state index is -0.343. The fourth-order valence-electron chi connectivity index (χ4n) is 3.31. The zero-order valence-corrected chi connectivity index (χ0v) is 15.1. The van der Waals surface area contributed by atoms with Crippen molar-refractivity contribution in [1.82, 2.24) is 10.2 Å². The van der Waals surface area contributed by atoms with E-state index in [9.17, 15) is 14.4 Å². The number of nitrogens with one attached hydrogen (secondary N) is 1. The van der Waals surface area contributed by atoms with Gasteiger partial charge in [-0.25, -0.2) is 0 Å². The molecule has 1 heterocycles. The van der Waals surface area contributed by atoms with Crippen molar-refractivity contribution in [1.29, 1.82) is 0 Å². The van der Waals surface area contributed by atoms with Crippen molar-refractivity contribution in [3.63, 3.8) is 0 Å². The number of para-hydroxylation sites is 1. The van der Waals surface area contributed by atoms with Crippen LogP contribution in [0.4, 0.5) is 0 Å². The summed E-state index contributed by atoms with van der Waals surface area (Å²) in [5, 5.41) is 4.23. The summed E-state index contributed by atoms with van der Waals surface area (Å²) in [7, 11) is 0. The quantitative estimate of drug-likeness (QED) is 0.673. The summed E-state index contributed by atoms with van der Waals surface area (Å²) in [4.78, 5) is 38.7. The number of hydrogen-bond acceptors (Lipinski definition) is 4. The molecule has 3 aromatic carbocycles. The van der Waals surface area contributed by atoms with Crippen molar-refractivity contribution in [2.45, 2.75) is 0 Å². The first-order chi connectivity index (χ1) is 13.6. The summed E-state index contributed by atoms with van der Waals surface area (Å²) in [5.74, 6) is -0.403. The molecular formula is C22H18N2O4. The van der Waals surface area contributed by atoms with Crippen molar-refractivity contribution in [2.75, 3.05) is 19.7 Å². The van der Waals surface area contributed by atoms with E-state index in [4.69, 9.17) is 4.74 Å². The molecule has 6 heteroatoms. The molecule has 28 heavy (non-hydrogen) atoms. The summed E-state index contributed by atoms with van der Waals surface area (Å²) < 4.78 is 5.38. The molecule has 3 amide bonds. The topological polar surface area (TPSA) is 75.7 Å². The molecule has 1 N–H and O–H groups in total. The molecule has 0 unspecified atom stereocenters. The molecule has 3 aromatic rings. The Labute approximate surface area is 161 Å². The molecule has 6 nitrogen and oxygen atoms in total. The largest absolute Gasteiger partial charge is 0.484 e. The Balaban J connectivity index is 1.39. The highest BCUT2D eigenvalue weighted by atomic mass is 16.5. The molecule has 0 fully saturated rings. The second-order valence-corrected chi connectivity index (χ2v) is 6.42. The first-order valence-electron chi connectivity index (χ1n) is 8.97. The Hall–Kier alpha value is -3.67. The van der Waals surface area contributed by atoms with Crippen LogP contribution in [-0.2, 0) is 4.79 Å². The Bertz CT molecular complexity index is 1010. The maximum Gasteiger partial charge on any atom is 0.261 e. The van der Waals surface area contributed by atoms with Crippen molar-refractivity contribution in [3.05, 3.63) is 77.9 Å². The SMILES string of the molecule is O=C(COc1ccccc1)NCCN1C(=O)c2cccc3cccc(c23)C1=O. The third-order valence-corrected chi connectivity index (χ3v) is 4.63. The van der Waals surface area contributed by atoms with Gasteiger partial charge in [0.1, 0.15) is 5.75 Å². The molecule has 140 valence electrons. The molecule has 0 bridgehead atoms. The molecule has 0 radical (unpaired) electrons. The zero-order chi connectivity index (χ0) is 19.5. The molecular weight excluding hydrogens is 356 g/mol. The van der Waals surface area contributed by atoms with Gasteiger partial charge in [-0.2, -0.15) is 0 Å². The van der Waals surface area contributed by atoms with E-state index in [1.165, 1.54) is 4.90 Å². The molecule has 1 aliphatic heterocycles. The molecule has 0 aromatic heterocycles. The molecule has 0 saturated carbocycles. The van der Waals surface area contributed by atoms with Gasteiger partial charge in [0.2, 0.25) is 0 Å². The van der Waals surface area contributed by atoms with Crippen molar-refractivity contribution in [3.8, 4) is 5.75 Å². The van der Waals surface area contributed by atoms with Gasteiger partial charge in [0.15, 0.2) is 6.61 Å². The van der Waals surface area contributed by atoms with E-state index >= 15 is 0 Å². The van der Waals surface area contributed by atoms with E-state index in [0.717, 1.165) is 5.39 Å². The van der Waals surface area contributed by atoms with Gasteiger partial charge in [-0.3, -0.25) is 19.3 Å². The van der Waals surface area contributed by atoms with Gasteiger partial charge < -0.3 is 10.1 Å². The first-order valence-corrected chi connectivity index (χ1v) is 8.97. The van der Waals surface area contributed by atoms with Crippen LogP contribution < -0.4 is 10.1 Å². The molecule has 0 saturated heterocycles. The second-order valence-electron chi connectivity index (χ2n) is 6.42. The van der Waals surface area contributed by atoms with E-state index in [1.54, 1.807) is 36.4 Å². The van der Waals surface area contributed by atoms with Crippen molar-refractivity contribution < 1.29 is 19.1 Å². The zero-order valence-electron chi connectivity index (χ0n) is 15.1. The first kappa shape index (κ1) is 17.7. The van der Waals surface area contributed by atoms with E-state index in [1.807, 2.05) is 30.3 Å². The summed E-state index contributed by atoms with van der Waals surface area (Å²) in [6.45, 7) is 0.125. The van der Waals surface area contributed by atoms with E-state index < -0.39 is 0 Å². The number of benzene rings is 3. The van der Waals surface area contributed by atoms with Gasteiger partial charge in [0, 0.05) is 29.6 Å². The molecule has 4 rings (SSSR count). The number of ether oxygens (including phenoxy) is 1. The Morgan fingerprint density at radius 2 is 1.50 bits per heavy atom. The van der Waals surface area contributed by atoms with Crippen LogP contribution in [-0.4, -0.2) is 42.3 Å². The van der Waals surface area contributed by atoms with E-state index in [-0.39, 0.29) is 37.4 Å². The lowest BCUT2D eigenvalue weighted by atomic mass is 9.94. The van der Waals surface area contributed by atoms with Gasteiger partial charge in [0.25, 0.3) is 17.7 Å². The fraction of sp³-hybridized carbons (Fsp3) is 0.136. The van der Waals surface area contributed by atoms with Crippen LogP contribution in [0.15, 0.2) is 66.7 Å². The smallest absolute Gasteiger partial charge is 0.261 e. The van der Waals surface area contributed by atoms with Crippen LogP contribution in [0.2, 0.25) is 0 Å². The standard InChI is InChI=1S/C22H18N2O4/c25-19(14-28-16-8-2-1-3-9-16)23-12-13-24-21(26)17-10-4-6-15-7-5-11-18(20(15)17)22(24)27/h1-11H,12-14H2,(H,23,25). The predicted octanol–water partition coefficient (Wildman–Crippen LogP) is 2.63. The van der Waals surface area contributed by atoms with E-state index in [2.05, 4.69) is 5.32 Å². The summed E-state index contributed by atoms with van der Waals surface area (Å²) in [6, 6.07) is 19.8. The van der Waals surface area contributed by atoms with Gasteiger partial charge in [-0.15, -0.1) is 0 Å². The van der Waals surface area contributed by atoms with Crippen molar-refractivity contribution in [2.24, 2.45) is 0 Å². The maximum absolute atomic E-state index is 12.8. The minimum Gasteiger partial charge on any atom is -0.484 e. The third kappa shape index (κ3) is 3.32. The summed E-state index contributed by atoms with van der Waals surface area (Å²) >= 11 is 0. The van der Waals surface area contributed by atoms with Crippen LogP contribution in [0.3, 0.4) is 0 Å². The van der Waals surface area contributed by atoms with Crippen LogP contribution in [0.1, 0.15) is 20.7 Å². The van der Waals surface area contributed by atoms with Crippen LogP contribution in [0.5, 0.6) is 5.75 Å². The average Bonchev–Trinajstić information content (AvgIpc) is 2.73. The Morgan fingerprint density at radius 1 is 0.857 bits per heavy atom. The molecule has 0 aliphatic carbocycles. The highest BCUT2D eigenvalue weighted by molar-refractivity contribution is 6.25. The van der Waals surface area contributed by atoms with Gasteiger partial charge >= 0.3 is 0 Å². The van der Waals surface area contributed by atoms with Gasteiger partial charge in [-0.1, -0.05) is 42.5 Å². The van der Waals surface area contributed by atoms with Gasteiger partial charge in [-0.05, 0) is 29.7 Å². The van der Waals surface area contributed by atoms with Crippen LogP contribution in [0, 0.1) is 0 Å². The fourth-order valence-corrected chi connectivity index (χ4v) is 3.31. The molecule has 0 atom stereocenters. The number of imide groups is 1. The summed E-state index contributed by atoms with van der Waals surface area (Å²) in [5.41, 5.74) is 1.01. The molecule has 0 spiro atoms. The lowest BCUT2D eigenvalue weighted by Gasteiger charge is -2.27. The van der Waals surface area contributed by atoms with Crippen LogP contribution in [0.25, 0.3) is 10.8 Å². The summed E-state index contributed by atoms with van der Waals surface area (Å²) in [6.07, 6.45) is 0. The molecule has 1 aliphatic rings. The minimum absolute atomic E-state index is 0.0967. The predicted molar refractivity (Wildman–Crippen MR) is 104 cm³/mol.